The monoisotopic (exact) mass is 544 g/mol. The fourth-order valence-corrected chi connectivity index (χ4v) is 3.89. The molecule has 0 atom stereocenters. The Morgan fingerprint density at radius 1 is 1.26 bits per heavy atom. The maximum absolute atomic E-state index is 12.1. The molecule has 38 heavy (non-hydrogen) atoms. The first-order valence-electron chi connectivity index (χ1n) is 12.2. The number of ether oxygens (including phenoxy) is 1. The highest BCUT2D eigenvalue weighted by atomic mass is 35.5. The summed E-state index contributed by atoms with van der Waals surface area (Å²) in [7, 11) is 5.25. The molecule has 1 aromatic heterocycles. The second kappa shape index (κ2) is 13.6. The molecular weight excluding hydrogens is 512 g/mol. The normalized spacial score (nSPS) is 14.5. The van der Waals surface area contributed by atoms with Crippen molar-refractivity contribution in [1.82, 2.24) is 25.1 Å². The number of fused-ring (bicyclic) bond motifs is 1. The number of nitrogens with zero attached hydrogens (tertiary/aromatic N) is 5. The highest BCUT2D eigenvalue weighted by Gasteiger charge is 2.23. The molecule has 12 nitrogen and oxygen atoms in total. The number of carboxylic acid groups (broad SMARTS) is 1. The summed E-state index contributed by atoms with van der Waals surface area (Å²) in [5.74, 6) is 1.99. The standard InChI is InChI=1S/C22H29ClN6O2.C3H4N2O2/c1-28(2)20(30)13-29-8-6-14-10-18(19(31-3)11-15(14)7-9-29)26-22-24-12-17(23)21(27-22)25-16-4-5-16;4-1-2-5-3(6)7/h10-12,16H,4-9,13H2,1-3H3,(H2,24,25,26,27);5H,2H2,(H,6,7). The number of nitrogens with one attached hydrogen (secondary N) is 3. The lowest BCUT2D eigenvalue weighted by Crippen LogP contribution is -2.37. The number of hydrogen-bond acceptors (Lipinski definition) is 9. The van der Waals surface area contributed by atoms with Gasteiger partial charge in [0.05, 0.1) is 31.6 Å². The minimum Gasteiger partial charge on any atom is -0.495 e. The summed E-state index contributed by atoms with van der Waals surface area (Å²) in [6.45, 7) is 1.98. The van der Waals surface area contributed by atoms with Crippen LogP contribution in [-0.2, 0) is 17.6 Å². The zero-order valence-electron chi connectivity index (χ0n) is 21.8. The van der Waals surface area contributed by atoms with Crippen molar-refractivity contribution in [3.05, 3.63) is 34.5 Å². The summed E-state index contributed by atoms with van der Waals surface area (Å²) in [6.07, 6.45) is 4.46. The van der Waals surface area contributed by atoms with E-state index in [1.807, 2.05) is 5.32 Å². The van der Waals surface area contributed by atoms with Crippen LogP contribution in [-0.4, -0.2) is 90.3 Å². The zero-order chi connectivity index (χ0) is 27.7. The second-order valence-corrected chi connectivity index (χ2v) is 9.54. The second-order valence-electron chi connectivity index (χ2n) is 9.14. The lowest BCUT2D eigenvalue weighted by atomic mass is 10.0. The van der Waals surface area contributed by atoms with E-state index in [1.54, 1.807) is 38.4 Å². The lowest BCUT2D eigenvalue weighted by molar-refractivity contribution is -0.129. The van der Waals surface area contributed by atoms with E-state index in [9.17, 15) is 9.59 Å². The number of halogens is 1. The van der Waals surface area contributed by atoms with Crippen LogP contribution in [0.25, 0.3) is 0 Å². The fraction of sp³-hybridized carbons (Fsp3) is 0.480. The Morgan fingerprint density at radius 2 is 1.95 bits per heavy atom. The molecule has 204 valence electrons. The van der Waals surface area contributed by atoms with Gasteiger partial charge in [0.25, 0.3) is 0 Å². The van der Waals surface area contributed by atoms with Crippen LogP contribution in [0.15, 0.2) is 18.3 Å². The number of nitriles is 1. The quantitative estimate of drug-likeness (QED) is 0.364. The number of carbonyl (C=O) groups is 2. The summed E-state index contributed by atoms with van der Waals surface area (Å²) in [4.78, 5) is 34.3. The van der Waals surface area contributed by atoms with E-state index in [4.69, 9.17) is 26.7 Å². The molecule has 1 saturated carbocycles. The maximum atomic E-state index is 12.1. The average Bonchev–Trinajstić information content (AvgIpc) is 3.72. The van der Waals surface area contributed by atoms with Gasteiger partial charge in [-0.15, -0.1) is 0 Å². The van der Waals surface area contributed by atoms with Crippen LogP contribution < -0.4 is 20.7 Å². The molecule has 2 aromatic rings. The van der Waals surface area contributed by atoms with Gasteiger partial charge in [0.15, 0.2) is 5.82 Å². The van der Waals surface area contributed by atoms with Gasteiger partial charge in [-0.2, -0.15) is 10.2 Å². The largest absolute Gasteiger partial charge is 0.495 e. The number of methoxy groups -OCH3 is 1. The van der Waals surface area contributed by atoms with Crippen molar-refractivity contribution in [2.24, 2.45) is 0 Å². The summed E-state index contributed by atoms with van der Waals surface area (Å²) < 4.78 is 5.64. The first-order valence-corrected chi connectivity index (χ1v) is 12.6. The summed E-state index contributed by atoms with van der Waals surface area (Å²) >= 11 is 6.24. The van der Waals surface area contributed by atoms with Gasteiger partial charge in [-0.1, -0.05) is 11.6 Å². The van der Waals surface area contributed by atoms with Crippen molar-refractivity contribution in [2.75, 3.05) is 58.0 Å². The SMILES string of the molecule is COc1cc2c(cc1Nc1ncc(Cl)c(NC3CC3)n1)CCN(CC(=O)N(C)C)CC2.N#CCNC(=O)O. The van der Waals surface area contributed by atoms with Crippen molar-refractivity contribution in [3.8, 4) is 11.8 Å². The topological polar surface area (TPSA) is 156 Å². The predicted octanol–water partition coefficient (Wildman–Crippen LogP) is 2.72. The van der Waals surface area contributed by atoms with Gasteiger partial charge in [-0.05, 0) is 48.9 Å². The van der Waals surface area contributed by atoms with E-state index in [0.717, 1.165) is 50.2 Å². The van der Waals surface area contributed by atoms with E-state index in [1.165, 1.54) is 11.1 Å². The molecule has 2 heterocycles. The summed E-state index contributed by atoms with van der Waals surface area (Å²) in [5.41, 5.74) is 3.31. The molecule has 0 radical (unpaired) electrons. The average molecular weight is 545 g/mol. The van der Waals surface area contributed by atoms with E-state index in [0.29, 0.717) is 29.4 Å². The Hall–Kier alpha value is -3.82. The van der Waals surface area contributed by atoms with Crippen LogP contribution >= 0.6 is 11.6 Å². The van der Waals surface area contributed by atoms with Crippen LogP contribution in [0.3, 0.4) is 0 Å². The third-order valence-corrected chi connectivity index (χ3v) is 6.28. The third-order valence-electron chi connectivity index (χ3n) is 6.00. The highest BCUT2D eigenvalue weighted by Crippen LogP contribution is 2.33. The smallest absolute Gasteiger partial charge is 0.405 e. The van der Waals surface area contributed by atoms with E-state index >= 15 is 0 Å². The Morgan fingerprint density at radius 3 is 2.50 bits per heavy atom. The molecular formula is C25H33ClN8O4. The number of carbonyl (C=O) groups excluding carboxylic acids is 1. The van der Waals surface area contributed by atoms with Gasteiger partial charge >= 0.3 is 6.09 Å². The van der Waals surface area contributed by atoms with E-state index in [2.05, 4.69) is 37.6 Å². The van der Waals surface area contributed by atoms with Gasteiger partial charge in [0.2, 0.25) is 11.9 Å². The van der Waals surface area contributed by atoms with E-state index < -0.39 is 6.09 Å². The molecule has 4 N–H and O–H groups in total. The molecule has 2 amide bonds. The molecule has 0 spiro atoms. The number of aromatic nitrogens is 2. The van der Waals surface area contributed by atoms with Crippen LogP contribution in [0.1, 0.15) is 24.0 Å². The number of likely N-dealkylation sites (N-methyl/N-ethyl adjacent to an activating group) is 1. The summed E-state index contributed by atoms with van der Waals surface area (Å²) in [6, 6.07) is 6.24. The number of anilines is 3. The maximum Gasteiger partial charge on any atom is 0.405 e. The first kappa shape index (κ1) is 28.7. The Labute approximate surface area is 226 Å². The molecule has 0 bridgehead atoms. The Balaban J connectivity index is 0.000000505. The van der Waals surface area contributed by atoms with Gasteiger partial charge in [0, 0.05) is 33.2 Å². The van der Waals surface area contributed by atoms with Crippen LogP contribution in [0, 0.1) is 11.3 Å². The number of benzene rings is 1. The minimum absolute atomic E-state index is 0.126. The molecule has 1 fully saturated rings. The van der Waals surface area contributed by atoms with Gasteiger partial charge in [-0.25, -0.2) is 9.78 Å². The molecule has 13 heteroatoms. The Bertz CT molecular complexity index is 1180. The predicted molar refractivity (Wildman–Crippen MR) is 144 cm³/mol. The molecule has 4 rings (SSSR count). The van der Waals surface area contributed by atoms with Crippen LogP contribution in [0.4, 0.5) is 22.2 Å². The van der Waals surface area contributed by atoms with Crippen molar-refractivity contribution >= 4 is 41.1 Å². The minimum atomic E-state index is -1.17. The Kier molecular flexibility index (Phi) is 10.3. The molecule has 1 aliphatic carbocycles. The highest BCUT2D eigenvalue weighted by molar-refractivity contribution is 6.32. The van der Waals surface area contributed by atoms with Crippen molar-refractivity contribution < 1.29 is 19.4 Å². The lowest BCUT2D eigenvalue weighted by Gasteiger charge is -2.21. The van der Waals surface area contributed by atoms with E-state index in [-0.39, 0.29) is 12.5 Å². The molecule has 1 aromatic carbocycles. The van der Waals surface area contributed by atoms with Crippen LogP contribution in [0.5, 0.6) is 5.75 Å². The molecule has 1 aliphatic heterocycles. The number of amides is 2. The van der Waals surface area contributed by atoms with Crippen LogP contribution in [0.2, 0.25) is 5.02 Å². The summed E-state index contributed by atoms with van der Waals surface area (Å²) in [5, 5.41) is 24.5. The fourth-order valence-electron chi connectivity index (χ4n) is 3.74. The van der Waals surface area contributed by atoms with Gasteiger partial charge < -0.3 is 30.7 Å². The van der Waals surface area contributed by atoms with Crippen molar-refractivity contribution in [1.29, 1.82) is 5.26 Å². The van der Waals surface area contributed by atoms with Crippen molar-refractivity contribution in [2.45, 2.75) is 31.7 Å². The van der Waals surface area contributed by atoms with Crippen molar-refractivity contribution in [3.63, 3.8) is 0 Å². The number of rotatable bonds is 8. The van der Waals surface area contributed by atoms with Gasteiger partial charge in [-0.3, -0.25) is 9.69 Å². The molecule has 2 aliphatic rings. The number of hydrogen-bond donors (Lipinski definition) is 4. The van der Waals surface area contributed by atoms with Gasteiger partial charge in [0.1, 0.15) is 17.3 Å². The molecule has 0 unspecified atom stereocenters. The zero-order valence-corrected chi connectivity index (χ0v) is 22.5. The molecule has 0 saturated heterocycles. The third kappa shape index (κ3) is 8.64. The first-order chi connectivity index (χ1) is 18.2.